The van der Waals surface area contributed by atoms with E-state index in [1.165, 1.54) is 17.8 Å². The molecule has 0 aliphatic carbocycles. The average Bonchev–Trinajstić information content (AvgIpc) is 2.67. The van der Waals surface area contributed by atoms with Gasteiger partial charge in [-0.1, -0.05) is 30.0 Å². The predicted molar refractivity (Wildman–Crippen MR) is 97.5 cm³/mol. The van der Waals surface area contributed by atoms with Crippen LogP contribution in [-0.2, 0) is 6.61 Å². The van der Waals surface area contributed by atoms with Crippen molar-refractivity contribution < 1.29 is 13.5 Å². The van der Waals surface area contributed by atoms with E-state index >= 15 is 0 Å². The number of ether oxygens (including phenoxy) is 1. The standard InChI is InChI=1S/C19H13F2N3O2S/c1-27-19-23-17(14(9-22)18(25)24-19)12-4-2-3-11(7-12)10-26-16-6-5-13(20)8-15(16)21/h2-8H,10H2,1H3,(H,23,24,25). The zero-order valence-corrected chi connectivity index (χ0v) is 14.9. The third-order valence-corrected chi connectivity index (χ3v) is 4.27. The number of halogens is 2. The van der Waals surface area contributed by atoms with Crippen molar-refractivity contribution in [3.05, 3.63) is 75.6 Å². The highest BCUT2D eigenvalue weighted by molar-refractivity contribution is 7.98. The Morgan fingerprint density at radius 1 is 1.26 bits per heavy atom. The lowest BCUT2D eigenvalue weighted by Gasteiger charge is -2.10. The summed E-state index contributed by atoms with van der Waals surface area (Å²) in [5, 5.41) is 9.68. The molecule has 0 unspecified atom stereocenters. The monoisotopic (exact) mass is 385 g/mol. The minimum Gasteiger partial charge on any atom is -0.486 e. The molecule has 27 heavy (non-hydrogen) atoms. The highest BCUT2D eigenvalue weighted by Gasteiger charge is 2.14. The summed E-state index contributed by atoms with van der Waals surface area (Å²) in [6.45, 7) is 0.0247. The number of aromatic amines is 1. The van der Waals surface area contributed by atoms with Gasteiger partial charge in [0.05, 0.1) is 5.69 Å². The van der Waals surface area contributed by atoms with E-state index in [9.17, 15) is 18.8 Å². The first-order valence-corrected chi connectivity index (χ1v) is 9.00. The third kappa shape index (κ3) is 4.15. The Morgan fingerprint density at radius 2 is 2.07 bits per heavy atom. The maximum atomic E-state index is 13.7. The second-order valence-electron chi connectivity index (χ2n) is 5.47. The van der Waals surface area contributed by atoms with Gasteiger partial charge in [-0.2, -0.15) is 5.26 Å². The molecule has 0 aliphatic rings. The van der Waals surface area contributed by atoms with Crippen LogP contribution in [0.25, 0.3) is 11.3 Å². The molecule has 0 atom stereocenters. The summed E-state index contributed by atoms with van der Waals surface area (Å²) in [4.78, 5) is 18.9. The summed E-state index contributed by atoms with van der Waals surface area (Å²) in [6.07, 6.45) is 1.76. The summed E-state index contributed by atoms with van der Waals surface area (Å²) in [5.74, 6) is -1.55. The van der Waals surface area contributed by atoms with Gasteiger partial charge in [-0.15, -0.1) is 0 Å². The number of hydrogen-bond donors (Lipinski definition) is 1. The lowest BCUT2D eigenvalue weighted by molar-refractivity contribution is 0.289. The molecule has 0 aliphatic heterocycles. The number of rotatable bonds is 5. The Morgan fingerprint density at radius 3 is 2.78 bits per heavy atom. The second kappa shape index (κ2) is 8.01. The van der Waals surface area contributed by atoms with Crippen LogP contribution in [0.15, 0.2) is 52.4 Å². The van der Waals surface area contributed by atoms with Gasteiger partial charge in [0.1, 0.15) is 24.1 Å². The van der Waals surface area contributed by atoms with Gasteiger partial charge in [-0.3, -0.25) is 4.79 Å². The molecule has 0 radical (unpaired) electrons. The molecule has 0 saturated heterocycles. The topological polar surface area (TPSA) is 78.8 Å². The van der Waals surface area contributed by atoms with Crippen molar-refractivity contribution in [3.8, 4) is 23.1 Å². The number of nitrogens with zero attached hydrogens (tertiary/aromatic N) is 2. The van der Waals surface area contributed by atoms with Gasteiger partial charge < -0.3 is 9.72 Å². The fourth-order valence-corrected chi connectivity index (χ4v) is 2.80. The summed E-state index contributed by atoms with van der Waals surface area (Å²) < 4.78 is 32.0. The van der Waals surface area contributed by atoms with Gasteiger partial charge in [0.15, 0.2) is 16.7 Å². The number of H-pyrrole nitrogens is 1. The molecule has 0 fully saturated rings. The maximum absolute atomic E-state index is 13.7. The van der Waals surface area contributed by atoms with Crippen LogP contribution in [0.5, 0.6) is 5.75 Å². The van der Waals surface area contributed by atoms with Gasteiger partial charge in [-0.25, -0.2) is 13.8 Å². The first-order valence-electron chi connectivity index (χ1n) is 7.77. The molecule has 1 aromatic heterocycles. The first kappa shape index (κ1) is 18.6. The first-order chi connectivity index (χ1) is 13.0. The highest BCUT2D eigenvalue weighted by Crippen LogP contribution is 2.24. The highest BCUT2D eigenvalue weighted by atomic mass is 32.2. The number of hydrogen-bond acceptors (Lipinski definition) is 5. The van der Waals surface area contributed by atoms with Gasteiger partial charge in [0, 0.05) is 11.6 Å². The van der Waals surface area contributed by atoms with Crippen molar-refractivity contribution in [1.29, 1.82) is 5.26 Å². The van der Waals surface area contributed by atoms with E-state index in [2.05, 4.69) is 9.97 Å². The van der Waals surface area contributed by atoms with Crippen LogP contribution in [0.4, 0.5) is 8.78 Å². The lowest BCUT2D eigenvalue weighted by Crippen LogP contribution is -2.14. The summed E-state index contributed by atoms with van der Waals surface area (Å²) in [5.41, 5.74) is 0.902. The summed E-state index contributed by atoms with van der Waals surface area (Å²) in [7, 11) is 0. The number of thioether (sulfide) groups is 1. The van der Waals surface area contributed by atoms with Crippen LogP contribution >= 0.6 is 11.8 Å². The van der Waals surface area contributed by atoms with Crippen molar-refractivity contribution in [3.63, 3.8) is 0 Å². The zero-order valence-electron chi connectivity index (χ0n) is 14.1. The van der Waals surface area contributed by atoms with E-state index in [1.54, 1.807) is 30.5 Å². The molecule has 0 amide bonds. The Bertz CT molecular complexity index is 1090. The Balaban J connectivity index is 1.91. The molecule has 136 valence electrons. The molecule has 5 nitrogen and oxygen atoms in total. The fraction of sp³-hybridized carbons (Fsp3) is 0.105. The number of nitriles is 1. The molecule has 1 heterocycles. The Hall–Kier alpha value is -3.18. The third-order valence-electron chi connectivity index (χ3n) is 3.69. The van der Waals surface area contributed by atoms with Crippen molar-refractivity contribution in [2.75, 3.05) is 6.26 Å². The van der Waals surface area contributed by atoms with Crippen molar-refractivity contribution in [2.45, 2.75) is 11.8 Å². The largest absolute Gasteiger partial charge is 0.486 e. The van der Waals surface area contributed by atoms with Crippen LogP contribution in [0.3, 0.4) is 0 Å². The minimum absolute atomic E-state index is 0.0247. The maximum Gasteiger partial charge on any atom is 0.270 e. The molecule has 1 N–H and O–H groups in total. The quantitative estimate of drug-likeness (QED) is 0.533. The fourth-order valence-electron chi connectivity index (χ4n) is 2.42. The number of nitrogens with one attached hydrogen (secondary N) is 1. The van der Waals surface area contributed by atoms with E-state index in [0.717, 1.165) is 12.1 Å². The molecule has 3 rings (SSSR count). The van der Waals surface area contributed by atoms with Crippen LogP contribution < -0.4 is 10.3 Å². The van der Waals surface area contributed by atoms with Crippen LogP contribution in [-0.4, -0.2) is 16.2 Å². The van der Waals surface area contributed by atoms with E-state index in [0.29, 0.717) is 16.3 Å². The Labute approximate surface area is 157 Å². The average molecular weight is 385 g/mol. The summed E-state index contributed by atoms with van der Waals surface area (Å²) in [6, 6.07) is 11.8. The normalized spacial score (nSPS) is 10.4. The minimum atomic E-state index is -0.793. The van der Waals surface area contributed by atoms with E-state index in [-0.39, 0.29) is 23.6 Å². The molecule has 8 heteroatoms. The lowest BCUT2D eigenvalue weighted by atomic mass is 10.1. The van der Waals surface area contributed by atoms with Gasteiger partial charge in [0.25, 0.3) is 5.56 Å². The van der Waals surface area contributed by atoms with Gasteiger partial charge in [-0.05, 0) is 30.0 Å². The molecule has 2 aromatic carbocycles. The van der Waals surface area contributed by atoms with Crippen molar-refractivity contribution in [2.24, 2.45) is 0 Å². The van der Waals surface area contributed by atoms with E-state index < -0.39 is 17.2 Å². The molecule has 3 aromatic rings. The molecule has 0 bridgehead atoms. The van der Waals surface area contributed by atoms with Crippen LogP contribution in [0.1, 0.15) is 11.1 Å². The SMILES string of the molecule is CSc1nc(-c2cccc(COc3ccc(F)cc3F)c2)c(C#N)c(=O)[nH]1. The van der Waals surface area contributed by atoms with Crippen molar-refractivity contribution >= 4 is 11.8 Å². The number of aromatic nitrogens is 2. The predicted octanol–water partition coefficient (Wildman–Crippen LogP) is 3.89. The summed E-state index contributed by atoms with van der Waals surface area (Å²) >= 11 is 1.25. The smallest absolute Gasteiger partial charge is 0.270 e. The number of benzene rings is 2. The zero-order chi connectivity index (χ0) is 19.4. The van der Waals surface area contributed by atoms with Crippen LogP contribution in [0, 0.1) is 23.0 Å². The van der Waals surface area contributed by atoms with E-state index in [4.69, 9.17) is 4.74 Å². The molecule has 0 spiro atoms. The van der Waals surface area contributed by atoms with Gasteiger partial charge >= 0.3 is 0 Å². The second-order valence-corrected chi connectivity index (χ2v) is 6.27. The van der Waals surface area contributed by atoms with Gasteiger partial charge in [0.2, 0.25) is 0 Å². The molecular formula is C19H13F2N3O2S. The van der Waals surface area contributed by atoms with Crippen molar-refractivity contribution in [1.82, 2.24) is 9.97 Å². The molecule has 0 saturated carbocycles. The van der Waals surface area contributed by atoms with Crippen LogP contribution in [0.2, 0.25) is 0 Å². The molecular weight excluding hydrogens is 372 g/mol. The van der Waals surface area contributed by atoms with E-state index in [1.807, 2.05) is 6.07 Å². The Kier molecular flexibility index (Phi) is 5.52.